The largest absolute Gasteiger partial charge is 0.306 e. The summed E-state index contributed by atoms with van der Waals surface area (Å²) in [7, 11) is 0. The van der Waals surface area contributed by atoms with Crippen molar-refractivity contribution in [2.24, 2.45) is 0 Å². The van der Waals surface area contributed by atoms with Crippen LogP contribution in [0.25, 0.3) is 127 Å². The zero-order valence-corrected chi connectivity index (χ0v) is 44.7. The van der Waals surface area contributed by atoms with Gasteiger partial charge in [0, 0.05) is 54.2 Å². The number of para-hydroxylation sites is 5. The van der Waals surface area contributed by atoms with Crippen LogP contribution in [-0.2, 0) is 17.3 Å². The summed E-state index contributed by atoms with van der Waals surface area (Å²) in [5.41, 5.74) is 22.3. The van der Waals surface area contributed by atoms with Gasteiger partial charge in [-0.05, 0) is 111 Å². The molecular weight excluding hydrogens is 973 g/mol. The third kappa shape index (κ3) is 5.45. The Labute approximate surface area is 462 Å². The molecule has 0 spiro atoms. The lowest BCUT2D eigenvalue weighted by Crippen LogP contribution is -2.18. The molecule has 3 aliphatic rings. The number of nitrogens with zero attached hydrogens (tertiary/aromatic N) is 6. The summed E-state index contributed by atoms with van der Waals surface area (Å²) in [6.07, 6.45) is 6.28. The van der Waals surface area contributed by atoms with E-state index in [1.807, 2.05) is 0 Å². The van der Waals surface area contributed by atoms with E-state index in [-0.39, 0.29) is 10.8 Å². The molecule has 0 radical (unpaired) electrons. The second kappa shape index (κ2) is 15.8. The average Bonchev–Trinajstić information content (AvgIpc) is 3.99. The molecule has 6 nitrogen and oxygen atoms in total. The van der Waals surface area contributed by atoms with Crippen LogP contribution in [-0.4, -0.2) is 18.3 Å². The smallest absolute Gasteiger partial charge is 0.103 e. The number of benzene rings is 10. The molecule has 0 aliphatic heterocycles. The summed E-state index contributed by atoms with van der Waals surface area (Å²) in [4.78, 5) is 0. The molecule has 4 aromatic heterocycles. The molecule has 376 valence electrons. The predicted octanol–water partition coefficient (Wildman–Crippen LogP) is 18.2. The van der Waals surface area contributed by atoms with Crippen molar-refractivity contribution in [1.82, 2.24) is 18.3 Å². The summed E-state index contributed by atoms with van der Waals surface area (Å²) >= 11 is 0. The van der Waals surface area contributed by atoms with Gasteiger partial charge in [-0.15, -0.1) is 0 Å². The van der Waals surface area contributed by atoms with Crippen molar-refractivity contribution >= 4 is 82.4 Å². The number of rotatable bonds is 4. The minimum Gasteiger partial charge on any atom is -0.306 e. The van der Waals surface area contributed by atoms with Crippen LogP contribution >= 0.6 is 0 Å². The van der Waals surface area contributed by atoms with Crippen LogP contribution < -0.4 is 0 Å². The molecule has 3 aliphatic carbocycles. The fourth-order valence-electron chi connectivity index (χ4n) is 15.4. The maximum Gasteiger partial charge on any atom is 0.103 e. The maximum absolute atomic E-state index is 12.6. The van der Waals surface area contributed by atoms with Crippen LogP contribution in [0.1, 0.15) is 78.8 Å². The first-order chi connectivity index (χ1) is 39.2. The molecule has 0 bridgehead atoms. The zero-order chi connectivity index (χ0) is 53.5. The summed E-state index contributed by atoms with van der Waals surface area (Å²) < 4.78 is 9.56. The monoisotopic (exact) mass is 1020 g/mol. The van der Waals surface area contributed by atoms with Crippen molar-refractivity contribution in [3.05, 3.63) is 245 Å². The van der Waals surface area contributed by atoms with Gasteiger partial charge in [0.1, 0.15) is 12.1 Å². The van der Waals surface area contributed by atoms with Crippen molar-refractivity contribution in [1.29, 1.82) is 10.5 Å². The quantitative estimate of drug-likeness (QED) is 0.176. The molecule has 80 heavy (non-hydrogen) atoms. The van der Waals surface area contributed by atoms with Crippen LogP contribution in [0.15, 0.2) is 200 Å². The van der Waals surface area contributed by atoms with Gasteiger partial charge in [0.05, 0.1) is 72.5 Å². The standard InChI is InChI=1S/C74H50N6/c1-73(2)53-29-13-5-25-47(53)65-55(73)37-39-63-67(65)49-27-11-19-35-61(49)79(63)69-51(41-75)52(42-76)70(80-62-36-20-12-28-50(62)68-64(80)40-38-56-66(68)48-26-6-14-30-54(48)74(56,3)4)72(78-59-33-17-9-23-45(59)46-24-10-18-34-60(46)78)71(69)77-57-31-15-7-21-43(57)44-22-8-16-32-58(44)77/h5-11,13-27,29-40H,12,28H2,1-4H3. The van der Waals surface area contributed by atoms with Crippen molar-refractivity contribution in [3.8, 4) is 57.1 Å². The van der Waals surface area contributed by atoms with E-state index >= 15 is 0 Å². The van der Waals surface area contributed by atoms with Crippen LogP contribution in [0, 0.1) is 22.7 Å². The Morgan fingerprint density at radius 1 is 0.362 bits per heavy atom. The maximum atomic E-state index is 12.6. The number of hydrogen-bond donors (Lipinski definition) is 0. The highest BCUT2D eigenvalue weighted by atomic mass is 15.1. The Kier molecular flexibility index (Phi) is 8.85. The zero-order valence-electron chi connectivity index (χ0n) is 44.7. The number of aromatic nitrogens is 4. The van der Waals surface area contributed by atoms with Gasteiger partial charge in [-0.2, -0.15) is 10.5 Å². The van der Waals surface area contributed by atoms with E-state index in [9.17, 15) is 10.5 Å². The molecule has 4 heterocycles. The van der Waals surface area contributed by atoms with E-state index in [0.29, 0.717) is 22.5 Å². The summed E-state index contributed by atoms with van der Waals surface area (Å²) in [6, 6.07) is 76.1. The van der Waals surface area contributed by atoms with E-state index in [2.05, 4.69) is 264 Å². The highest BCUT2D eigenvalue weighted by Gasteiger charge is 2.42. The average molecular weight is 1020 g/mol. The lowest BCUT2D eigenvalue weighted by Gasteiger charge is -2.28. The van der Waals surface area contributed by atoms with Gasteiger partial charge in [0.15, 0.2) is 0 Å². The second-order valence-electron chi connectivity index (χ2n) is 23.2. The number of fused-ring (bicyclic) bond motifs is 20. The van der Waals surface area contributed by atoms with Crippen molar-refractivity contribution in [3.63, 3.8) is 0 Å². The molecule has 0 unspecified atom stereocenters. The van der Waals surface area contributed by atoms with Gasteiger partial charge >= 0.3 is 0 Å². The van der Waals surface area contributed by atoms with Crippen LogP contribution in [0.2, 0.25) is 0 Å². The van der Waals surface area contributed by atoms with Gasteiger partial charge in [-0.1, -0.05) is 185 Å². The third-order valence-electron chi connectivity index (χ3n) is 18.7. The number of allylic oxidation sites excluding steroid dienone is 1. The van der Waals surface area contributed by atoms with Gasteiger partial charge in [-0.25, -0.2) is 0 Å². The highest BCUT2D eigenvalue weighted by molar-refractivity contribution is 6.20. The molecule has 0 saturated carbocycles. The molecule has 0 fully saturated rings. The minimum atomic E-state index is -0.250. The molecule has 0 saturated heterocycles. The fraction of sp³-hybridized carbons (Fsp3) is 0.108. The number of nitriles is 2. The molecular formula is C74H50N6. The number of hydrogen-bond acceptors (Lipinski definition) is 2. The normalized spacial score (nSPS) is 14.5. The summed E-state index contributed by atoms with van der Waals surface area (Å²) in [5, 5.41) is 32.9. The van der Waals surface area contributed by atoms with E-state index in [0.717, 1.165) is 101 Å². The first kappa shape index (κ1) is 44.9. The first-order valence-electron chi connectivity index (χ1n) is 27.9. The summed E-state index contributed by atoms with van der Waals surface area (Å²) in [6.45, 7) is 9.36. The lowest BCUT2D eigenvalue weighted by molar-refractivity contribution is 0.660. The molecule has 17 rings (SSSR count). The molecule has 0 amide bonds. The second-order valence-corrected chi connectivity index (χ2v) is 23.2. The Hall–Kier alpha value is -10.1. The minimum absolute atomic E-state index is 0.231. The van der Waals surface area contributed by atoms with E-state index < -0.39 is 0 Å². The van der Waals surface area contributed by atoms with Gasteiger partial charge in [-0.3, -0.25) is 0 Å². The van der Waals surface area contributed by atoms with Crippen LogP contribution in [0.4, 0.5) is 0 Å². The van der Waals surface area contributed by atoms with Crippen molar-refractivity contribution < 1.29 is 0 Å². The third-order valence-corrected chi connectivity index (χ3v) is 18.7. The number of aryl methyl sites for hydroxylation is 1. The topological polar surface area (TPSA) is 67.3 Å². The first-order valence-corrected chi connectivity index (χ1v) is 27.9. The SMILES string of the molecule is CC1(C)c2ccccc2-c2c1ccc1c2c2c(n1-c1c(C#N)c(C#N)c(-n3c4ccccc4c4c5c(ccc43)C(C)(C)c3ccccc3-5)c(-n3c4ccccc4c4ccccc43)c1-n1c3ccccc3c3ccccc31)C=CCC2. The molecule has 0 N–H and O–H groups in total. The van der Waals surface area contributed by atoms with Crippen LogP contribution in [0.3, 0.4) is 0 Å². The van der Waals surface area contributed by atoms with E-state index in [1.54, 1.807) is 0 Å². The molecule has 6 heteroatoms. The molecule has 10 aromatic carbocycles. The van der Waals surface area contributed by atoms with Crippen LogP contribution in [0.5, 0.6) is 0 Å². The van der Waals surface area contributed by atoms with Crippen molar-refractivity contribution in [2.75, 3.05) is 0 Å². The molecule has 14 aromatic rings. The summed E-state index contributed by atoms with van der Waals surface area (Å²) in [5.74, 6) is 0. The Morgan fingerprint density at radius 2 is 0.738 bits per heavy atom. The fourth-order valence-corrected chi connectivity index (χ4v) is 15.4. The Morgan fingerprint density at radius 3 is 1.21 bits per heavy atom. The van der Waals surface area contributed by atoms with Gasteiger partial charge in [0.25, 0.3) is 0 Å². The lowest BCUT2D eigenvalue weighted by atomic mass is 9.82. The van der Waals surface area contributed by atoms with Gasteiger partial charge < -0.3 is 18.3 Å². The molecule has 0 atom stereocenters. The van der Waals surface area contributed by atoms with Gasteiger partial charge in [0.2, 0.25) is 0 Å². The highest BCUT2D eigenvalue weighted by Crippen LogP contribution is 2.57. The Balaban J connectivity index is 1.17. The van der Waals surface area contributed by atoms with Crippen molar-refractivity contribution in [2.45, 2.75) is 51.4 Å². The van der Waals surface area contributed by atoms with E-state index in [4.69, 9.17) is 0 Å². The van der Waals surface area contributed by atoms with E-state index in [1.165, 1.54) is 55.5 Å². The Bertz CT molecular complexity index is 5170. The predicted molar refractivity (Wildman–Crippen MR) is 328 cm³/mol.